The topological polar surface area (TPSA) is 51.8 Å². The van der Waals surface area contributed by atoms with Crippen molar-refractivity contribution in [2.45, 2.75) is 39.5 Å². The Morgan fingerprint density at radius 1 is 0.875 bits per heavy atom. The zero-order valence-electron chi connectivity index (χ0n) is 18.6. The van der Waals surface area contributed by atoms with E-state index in [0.717, 1.165) is 56.7 Å². The van der Waals surface area contributed by atoms with Gasteiger partial charge in [-0.2, -0.15) is 0 Å². The SMILES string of the molecule is Cc1cc(Cl)nc(C(C)(C)Cc2cccc(-c3cccc4c3oc3nc(C)ccc34)n2)c1. The van der Waals surface area contributed by atoms with Crippen LogP contribution < -0.4 is 0 Å². The Kier molecular flexibility index (Phi) is 4.98. The van der Waals surface area contributed by atoms with Gasteiger partial charge in [0.15, 0.2) is 0 Å². The third kappa shape index (κ3) is 3.76. The van der Waals surface area contributed by atoms with Gasteiger partial charge in [0.05, 0.1) is 5.69 Å². The average molecular weight is 442 g/mol. The van der Waals surface area contributed by atoms with Gasteiger partial charge in [0.25, 0.3) is 0 Å². The Labute approximate surface area is 192 Å². The lowest BCUT2D eigenvalue weighted by atomic mass is 9.83. The zero-order chi connectivity index (χ0) is 22.5. The molecule has 0 spiro atoms. The molecule has 0 aliphatic rings. The summed E-state index contributed by atoms with van der Waals surface area (Å²) in [5.41, 5.74) is 7.12. The lowest BCUT2D eigenvalue weighted by Crippen LogP contribution is -2.23. The van der Waals surface area contributed by atoms with Crippen LogP contribution in [0.25, 0.3) is 33.3 Å². The van der Waals surface area contributed by atoms with Crippen LogP contribution in [0.4, 0.5) is 0 Å². The fourth-order valence-corrected chi connectivity index (χ4v) is 4.48. The molecule has 0 unspecified atom stereocenters. The number of rotatable bonds is 4. The first-order chi connectivity index (χ1) is 15.3. The highest BCUT2D eigenvalue weighted by molar-refractivity contribution is 6.29. The molecule has 0 amide bonds. The second kappa shape index (κ2) is 7.72. The molecule has 4 heterocycles. The minimum atomic E-state index is -0.214. The maximum absolute atomic E-state index is 6.22. The molecule has 0 fully saturated rings. The molecule has 32 heavy (non-hydrogen) atoms. The Hall–Kier alpha value is -3.24. The number of nitrogens with zero attached hydrogens (tertiary/aromatic N) is 3. The van der Waals surface area contributed by atoms with Crippen LogP contribution in [0.5, 0.6) is 0 Å². The van der Waals surface area contributed by atoms with Gasteiger partial charge in [-0.1, -0.05) is 43.6 Å². The van der Waals surface area contributed by atoms with E-state index in [4.69, 9.17) is 21.0 Å². The summed E-state index contributed by atoms with van der Waals surface area (Å²) in [6.45, 7) is 8.35. The lowest BCUT2D eigenvalue weighted by Gasteiger charge is -2.24. The van der Waals surface area contributed by atoms with Crippen LogP contribution in [0.2, 0.25) is 5.15 Å². The highest BCUT2D eigenvalue weighted by atomic mass is 35.5. The normalized spacial score (nSPS) is 12.0. The van der Waals surface area contributed by atoms with Gasteiger partial charge in [-0.25, -0.2) is 9.97 Å². The number of aromatic nitrogens is 3. The van der Waals surface area contributed by atoms with Crippen molar-refractivity contribution in [3.8, 4) is 11.3 Å². The third-order valence-corrected chi connectivity index (χ3v) is 6.03. The van der Waals surface area contributed by atoms with E-state index in [2.05, 4.69) is 54.1 Å². The molecule has 0 bridgehead atoms. The summed E-state index contributed by atoms with van der Waals surface area (Å²) < 4.78 is 6.18. The molecule has 0 aliphatic heterocycles. The van der Waals surface area contributed by atoms with E-state index in [9.17, 15) is 0 Å². The van der Waals surface area contributed by atoms with Crippen molar-refractivity contribution in [1.29, 1.82) is 0 Å². The molecule has 0 N–H and O–H groups in total. The van der Waals surface area contributed by atoms with Crippen LogP contribution in [-0.4, -0.2) is 15.0 Å². The fraction of sp³-hybridized carbons (Fsp3) is 0.222. The number of furan rings is 1. The van der Waals surface area contributed by atoms with Crippen LogP contribution in [0.1, 0.15) is 36.5 Å². The molecular weight excluding hydrogens is 418 g/mol. The van der Waals surface area contributed by atoms with E-state index in [1.165, 1.54) is 0 Å². The van der Waals surface area contributed by atoms with Gasteiger partial charge in [-0.15, -0.1) is 0 Å². The van der Waals surface area contributed by atoms with Gasteiger partial charge in [0.2, 0.25) is 5.71 Å². The zero-order valence-corrected chi connectivity index (χ0v) is 19.4. The van der Waals surface area contributed by atoms with Gasteiger partial charge in [-0.3, -0.25) is 4.98 Å². The Morgan fingerprint density at radius 2 is 1.69 bits per heavy atom. The van der Waals surface area contributed by atoms with Gasteiger partial charge in [-0.05, 0) is 61.9 Å². The second-order valence-corrected chi connectivity index (χ2v) is 9.40. The molecule has 4 nitrogen and oxygen atoms in total. The number of fused-ring (bicyclic) bond motifs is 3. The van der Waals surface area contributed by atoms with Crippen LogP contribution in [0, 0.1) is 13.8 Å². The molecule has 160 valence electrons. The summed E-state index contributed by atoms with van der Waals surface area (Å²) in [5.74, 6) is 0. The smallest absolute Gasteiger partial charge is 0.227 e. The molecule has 1 aromatic carbocycles. The summed E-state index contributed by atoms with van der Waals surface area (Å²) >= 11 is 6.22. The summed E-state index contributed by atoms with van der Waals surface area (Å²) in [7, 11) is 0. The van der Waals surface area contributed by atoms with Gasteiger partial charge < -0.3 is 4.42 Å². The molecule has 5 heteroatoms. The van der Waals surface area contributed by atoms with Crippen LogP contribution >= 0.6 is 11.6 Å². The first-order valence-corrected chi connectivity index (χ1v) is 11.1. The highest BCUT2D eigenvalue weighted by Gasteiger charge is 2.25. The van der Waals surface area contributed by atoms with E-state index in [0.29, 0.717) is 10.9 Å². The summed E-state index contributed by atoms with van der Waals surface area (Å²) in [6.07, 6.45) is 0.741. The molecule has 0 saturated carbocycles. The predicted molar refractivity (Wildman–Crippen MR) is 130 cm³/mol. The van der Waals surface area contributed by atoms with Crippen LogP contribution in [0.15, 0.2) is 65.1 Å². The average Bonchev–Trinajstić information content (AvgIpc) is 3.10. The van der Waals surface area contributed by atoms with Gasteiger partial charge in [0, 0.05) is 45.3 Å². The van der Waals surface area contributed by atoms with Crippen molar-refractivity contribution in [3.05, 3.63) is 88.5 Å². The summed E-state index contributed by atoms with van der Waals surface area (Å²) in [5, 5.41) is 2.60. The summed E-state index contributed by atoms with van der Waals surface area (Å²) in [4.78, 5) is 14.1. The fourth-order valence-electron chi connectivity index (χ4n) is 4.22. The maximum Gasteiger partial charge on any atom is 0.227 e. The largest absolute Gasteiger partial charge is 0.437 e. The number of para-hydroxylation sites is 1. The Balaban J connectivity index is 1.56. The van der Waals surface area contributed by atoms with Crippen LogP contribution in [0.3, 0.4) is 0 Å². The highest BCUT2D eigenvalue weighted by Crippen LogP contribution is 2.35. The standard InChI is InChI=1S/C27H24ClN3O/c1-16-13-23(31-24(28)14-16)27(3,4)15-18-7-5-10-22(30-18)21-9-6-8-19-20-12-11-17(2)29-26(20)32-25(19)21/h5-14H,15H2,1-4H3. The minimum absolute atomic E-state index is 0.214. The number of pyridine rings is 3. The van der Waals surface area contributed by atoms with Crippen molar-refractivity contribution in [1.82, 2.24) is 15.0 Å². The van der Waals surface area contributed by atoms with Gasteiger partial charge >= 0.3 is 0 Å². The number of hydrogen-bond acceptors (Lipinski definition) is 4. The lowest BCUT2D eigenvalue weighted by molar-refractivity contribution is 0.499. The van der Waals surface area contributed by atoms with Crippen molar-refractivity contribution in [3.63, 3.8) is 0 Å². The van der Waals surface area contributed by atoms with E-state index in [1.54, 1.807) is 0 Å². The third-order valence-electron chi connectivity index (χ3n) is 5.84. The molecule has 5 rings (SSSR count). The van der Waals surface area contributed by atoms with Crippen molar-refractivity contribution < 1.29 is 4.42 Å². The van der Waals surface area contributed by atoms with E-state index in [-0.39, 0.29) is 5.41 Å². The molecule has 5 aromatic rings. The second-order valence-electron chi connectivity index (χ2n) is 9.02. The predicted octanol–water partition coefficient (Wildman–Crippen LogP) is 7.23. The van der Waals surface area contributed by atoms with Crippen molar-refractivity contribution >= 4 is 33.7 Å². The van der Waals surface area contributed by atoms with E-state index < -0.39 is 0 Å². The van der Waals surface area contributed by atoms with Crippen LogP contribution in [-0.2, 0) is 11.8 Å². The molecule has 0 atom stereocenters. The minimum Gasteiger partial charge on any atom is -0.437 e. The first-order valence-electron chi connectivity index (χ1n) is 10.7. The molecule has 0 saturated heterocycles. The number of aryl methyl sites for hydroxylation is 2. The molecular formula is C27H24ClN3O. The number of benzene rings is 1. The quantitative estimate of drug-likeness (QED) is 0.276. The number of hydrogen-bond donors (Lipinski definition) is 0. The molecule has 4 aromatic heterocycles. The Morgan fingerprint density at radius 3 is 2.50 bits per heavy atom. The monoisotopic (exact) mass is 441 g/mol. The van der Waals surface area contributed by atoms with Crippen molar-refractivity contribution in [2.75, 3.05) is 0 Å². The first kappa shape index (κ1) is 20.7. The Bertz CT molecular complexity index is 1450. The summed E-state index contributed by atoms with van der Waals surface area (Å²) in [6, 6.07) is 20.4. The van der Waals surface area contributed by atoms with E-state index >= 15 is 0 Å². The van der Waals surface area contributed by atoms with E-state index in [1.807, 2.05) is 44.2 Å². The number of halogens is 1. The van der Waals surface area contributed by atoms with Gasteiger partial charge in [0.1, 0.15) is 10.7 Å². The molecule has 0 radical (unpaired) electrons. The maximum atomic E-state index is 6.22. The molecule has 0 aliphatic carbocycles. The van der Waals surface area contributed by atoms with Crippen molar-refractivity contribution in [2.24, 2.45) is 0 Å².